The van der Waals surface area contributed by atoms with Crippen LogP contribution in [0.3, 0.4) is 0 Å². The number of alkyl halides is 1. The minimum atomic E-state index is 0.289. The van der Waals surface area contributed by atoms with Crippen molar-refractivity contribution >= 4 is 17.5 Å². The highest BCUT2D eigenvalue weighted by molar-refractivity contribution is 6.18. The van der Waals surface area contributed by atoms with E-state index in [9.17, 15) is 4.79 Å². The van der Waals surface area contributed by atoms with Crippen molar-refractivity contribution in [3.05, 3.63) is 0 Å². The zero-order valence-electron chi connectivity index (χ0n) is 10.0. The molecule has 3 heteroatoms. The Morgan fingerprint density at radius 2 is 2.07 bits per heavy atom. The molecule has 0 N–H and O–H groups in total. The van der Waals surface area contributed by atoms with E-state index in [1.165, 1.54) is 6.42 Å². The van der Waals surface area contributed by atoms with Crippen molar-refractivity contribution in [2.75, 3.05) is 12.4 Å². The van der Waals surface area contributed by atoms with E-state index in [0.717, 1.165) is 13.0 Å². The van der Waals surface area contributed by atoms with Crippen molar-refractivity contribution in [1.82, 2.24) is 4.90 Å². The van der Waals surface area contributed by atoms with Crippen LogP contribution in [-0.4, -0.2) is 29.3 Å². The SMILES string of the molecule is CC(C)CCC(C)N1CC(CCl)CC1=O. The molecule has 0 aromatic heterocycles. The van der Waals surface area contributed by atoms with Gasteiger partial charge in [0.1, 0.15) is 0 Å². The molecule has 1 aliphatic rings. The fraction of sp³-hybridized carbons (Fsp3) is 0.917. The molecular formula is C12H22ClNO. The van der Waals surface area contributed by atoms with E-state index >= 15 is 0 Å². The van der Waals surface area contributed by atoms with Crippen molar-refractivity contribution in [1.29, 1.82) is 0 Å². The molecule has 1 aliphatic heterocycles. The smallest absolute Gasteiger partial charge is 0.223 e. The molecule has 1 saturated heterocycles. The van der Waals surface area contributed by atoms with Gasteiger partial charge in [-0.1, -0.05) is 13.8 Å². The molecule has 0 aromatic carbocycles. The first-order valence-electron chi connectivity index (χ1n) is 5.90. The van der Waals surface area contributed by atoms with Gasteiger partial charge in [0.2, 0.25) is 5.91 Å². The maximum Gasteiger partial charge on any atom is 0.223 e. The summed E-state index contributed by atoms with van der Waals surface area (Å²) >= 11 is 5.79. The summed E-state index contributed by atoms with van der Waals surface area (Å²) in [5, 5.41) is 0. The van der Waals surface area contributed by atoms with Gasteiger partial charge in [0, 0.05) is 24.9 Å². The Hall–Kier alpha value is -0.240. The molecular weight excluding hydrogens is 210 g/mol. The molecule has 1 rings (SSSR count). The fourth-order valence-corrected chi connectivity index (χ4v) is 2.27. The standard InChI is InChI=1S/C12H22ClNO/c1-9(2)4-5-10(3)14-8-11(7-13)6-12(14)15/h9-11H,4-8H2,1-3H3. The van der Waals surface area contributed by atoms with E-state index in [-0.39, 0.29) is 5.91 Å². The van der Waals surface area contributed by atoms with E-state index in [1.54, 1.807) is 0 Å². The summed E-state index contributed by atoms with van der Waals surface area (Å²) in [7, 11) is 0. The van der Waals surface area contributed by atoms with Crippen molar-refractivity contribution in [3.63, 3.8) is 0 Å². The molecule has 1 fully saturated rings. The molecule has 0 aliphatic carbocycles. The highest BCUT2D eigenvalue weighted by Crippen LogP contribution is 2.23. The molecule has 0 bridgehead atoms. The lowest BCUT2D eigenvalue weighted by molar-refractivity contribution is -0.129. The van der Waals surface area contributed by atoms with Crippen molar-refractivity contribution in [2.24, 2.45) is 11.8 Å². The van der Waals surface area contributed by atoms with Crippen molar-refractivity contribution in [2.45, 2.75) is 46.1 Å². The Morgan fingerprint density at radius 1 is 1.40 bits per heavy atom. The number of halogens is 1. The Bertz CT molecular complexity index is 218. The Balaban J connectivity index is 2.39. The zero-order chi connectivity index (χ0) is 11.4. The van der Waals surface area contributed by atoms with Crippen LogP contribution < -0.4 is 0 Å². The van der Waals surface area contributed by atoms with Crippen LogP contribution in [0.25, 0.3) is 0 Å². The monoisotopic (exact) mass is 231 g/mol. The average Bonchev–Trinajstić information content (AvgIpc) is 2.56. The minimum absolute atomic E-state index is 0.289. The molecule has 0 spiro atoms. The van der Waals surface area contributed by atoms with E-state index < -0.39 is 0 Å². The summed E-state index contributed by atoms with van der Waals surface area (Å²) < 4.78 is 0. The highest BCUT2D eigenvalue weighted by atomic mass is 35.5. The Labute approximate surface area is 98.0 Å². The fourth-order valence-electron chi connectivity index (χ4n) is 2.07. The Morgan fingerprint density at radius 3 is 2.53 bits per heavy atom. The second-order valence-corrected chi connectivity index (χ2v) is 5.40. The predicted octanol–water partition coefficient (Wildman–Crippen LogP) is 2.90. The third kappa shape index (κ3) is 3.67. The van der Waals surface area contributed by atoms with Crippen LogP contribution in [0.5, 0.6) is 0 Å². The molecule has 0 saturated carbocycles. The number of hydrogen-bond donors (Lipinski definition) is 0. The number of rotatable bonds is 5. The van der Waals surface area contributed by atoms with Gasteiger partial charge < -0.3 is 4.90 Å². The number of nitrogens with zero attached hydrogens (tertiary/aromatic N) is 1. The van der Waals surface area contributed by atoms with Crippen LogP contribution in [0.15, 0.2) is 0 Å². The van der Waals surface area contributed by atoms with Crippen LogP contribution >= 0.6 is 11.6 Å². The van der Waals surface area contributed by atoms with Gasteiger partial charge in [0.15, 0.2) is 0 Å². The number of carbonyl (C=O) groups is 1. The van der Waals surface area contributed by atoms with E-state index in [1.807, 2.05) is 4.90 Å². The summed E-state index contributed by atoms with van der Waals surface area (Å²) in [4.78, 5) is 13.7. The van der Waals surface area contributed by atoms with Gasteiger partial charge in [-0.15, -0.1) is 11.6 Å². The third-order valence-corrected chi connectivity index (χ3v) is 3.59. The van der Waals surface area contributed by atoms with Crippen LogP contribution in [-0.2, 0) is 4.79 Å². The number of amides is 1. The molecule has 15 heavy (non-hydrogen) atoms. The summed E-state index contributed by atoms with van der Waals surface area (Å²) in [6.45, 7) is 7.46. The van der Waals surface area contributed by atoms with Gasteiger partial charge in [0.25, 0.3) is 0 Å². The van der Waals surface area contributed by atoms with E-state index in [0.29, 0.717) is 30.2 Å². The number of carbonyl (C=O) groups excluding carboxylic acids is 1. The lowest BCUT2D eigenvalue weighted by Gasteiger charge is -2.25. The lowest BCUT2D eigenvalue weighted by atomic mass is 10.0. The molecule has 88 valence electrons. The minimum Gasteiger partial charge on any atom is -0.340 e. The highest BCUT2D eigenvalue weighted by Gasteiger charge is 2.31. The normalized spacial score (nSPS) is 23.9. The van der Waals surface area contributed by atoms with E-state index in [4.69, 9.17) is 11.6 Å². The summed E-state index contributed by atoms with van der Waals surface area (Å²) in [6, 6.07) is 0.383. The molecule has 1 heterocycles. The number of hydrogen-bond acceptors (Lipinski definition) is 1. The van der Waals surface area contributed by atoms with Crippen LogP contribution in [0.4, 0.5) is 0 Å². The first-order chi connectivity index (χ1) is 7.04. The van der Waals surface area contributed by atoms with E-state index in [2.05, 4.69) is 20.8 Å². The second-order valence-electron chi connectivity index (χ2n) is 5.09. The van der Waals surface area contributed by atoms with Gasteiger partial charge in [-0.05, 0) is 31.6 Å². The lowest BCUT2D eigenvalue weighted by Crippen LogP contribution is -2.34. The Kier molecular flexibility index (Phi) is 4.91. The first kappa shape index (κ1) is 12.8. The van der Waals surface area contributed by atoms with Crippen molar-refractivity contribution in [3.8, 4) is 0 Å². The van der Waals surface area contributed by atoms with Gasteiger partial charge in [-0.2, -0.15) is 0 Å². The summed E-state index contributed by atoms with van der Waals surface area (Å²) in [5.41, 5.74) is 0. The van der Waals surface area contributed by atoms with Gasteiger partial charge in [0.05, 0.1) is 0 Å². The summed E-state index contributed by atoms with van der Waals surface area (Å²) in [5.74, 6) is 1.99. The molecule has 0 aromatic rings. The maximum atomic E-state index is 11.7. The molecule has 2 atom stereocenters. The van der Waals surface area contributed by atoms with Crippen LogP contribution in [0.2, 0.25) is 0 Å². The largest absolute Gasteiger partial charge is 0.340 e. The third-order valence-electron chi connectivity index (χ3n) is 3.15. The topological polar surface area (TPSA) is 20.3 Å². The maximum absolute atomic E-state index is 11.7. The quantitative estimate of drug-likeness (QED) is 0.667. The van der Waals surface area contributed by atoms with Gasteiger partial charge >= 0.3 is 0 Å². The second kappa shape index (κ2) is 5.74. The molecule has 1 amide bonds. The zero-order valence-corrected chi connectivity index (χ0v) is 10.8. The van der Waals surface area contributed by atoms with Gasteiger partial charge in [-0.3, -0.25) is 4.79 Å². The molecule has 2 nitrogen and oxygen atoms in total. The van der Waals surface area contributed by atoms with Crippen LogP contribution in [0.1, 0.15) is 40.0 Å². The molecule has 0 radical (unpaired) electrons. The predicted molar refractivity (Wildman–Crippen MR) is 64.1 cm³/mol. The van der Waals surface area contributed by atoms with Crippen molar-refractivity contribution < 1.29 is 4.79 Å². The van der Waals surface area contributed by atoms with Gasteiger partial charge in [-0.25, -0.2) is 0 Å². The molecule has 2 unspecified atom stereocenters. The summed E-state index contributed by atoms with van der Waals surface area (Å²) in [6.07, 6.45) is 2.95. The first-order valence-corrected chi connectivity index (χ1v) is 6.43. The average molecular weight is 232 g/mol. The van der Waals surface area contributed by atoms with Crippen LogP contribution in [0, 0.1) is 11.8 Å². The number of likely N-dealkylation sites (tertiary alicyclic amines) is 1.